The number of thiophene rings is 8. The number of fused-ring (bicyclic) bond motifs is 4. The van der Waals surface area contributed by atoms with Gasteiger partial charge in [0.1, 0.15) is 5.92 Å². The van der Waals surface area contributed by atoms with E-state index in [2.05, 4.69) is 139 Å². The molecule has 0 fully saturated rings. The molecule has 2 aliphatic carbocycles. The van der Waals surface area contributed by atoms with Crippen molar-refractivity contribution in [1.29, 1.82) is 0 Å². The van der Waals surface area contributed by atoms with Gasteiger partial charge in [0.2, 0.25) is 0 Å². The molecule has 2 aliphatic rings. The number of allylic oxidation sites excluding steroid dienone is 1. The van der Waals surface area contributed by atoms with E-state index in [0.717, 1.165) is 86.8 Å². The van der Waals surface area contributed by atoms with E-state index in [1.54, 1.807) is 34.8 Å². The van der Waals surface area contributed by atoms with Crippen LogP contribution in [-0.4, -0.2) is 23.1 Å². The molecule has 11 aromatic rings. The van der Waals surface area contributed by atoms with Crippen molar-refractivity contribution in [3.63, 3.8) is 0 Å². The molecule has 598 valence electrons. The summed E-state index contributed by atoms with van der Waals surface area (Å²) in [6.45, 7) is 18.6. The Hall–Kier alpha value is -5.80. The summed E-state index contributed by atoms with van der Waals surface area (Å²) in [5.41, 5.74) is 10.6. The Bertz CT molecular complexity index is 4840. The van der Waals surface area contributed by atoms with E-state index in [4.69, 9.17) is 0 Å². The fraction of sp³-hybridized carbons (Fsp3) is 0.485. The average molecular weight is 1660 g/mol. The largest absolute Gasteiger partial charge is 0.293 e. The normalized spacial score (nSPS) is 13.7. The van der Waals surface area contributed by atoms with Crippen LogP contribution < -0.4 is 0 Å². The first-order valence-corrected chi connectivity index (χ1v) is 50.7. The molecular formula is C101H122O4S8. The number of aryl methyl sites for hydroxylation is 4. The molecule has 0 aliphatic heterocycles. The van der Waals surface area contributed by atoms with Crippen LogP contribution in [0.1, 0.15) is 350 Å². The second-order valence-electron chi connectivity index (χ2n) is 32.8. The summed E-state index contributed by atoms with van der Waals surface area (Å²) < 4.78 is 2.77. The van der Waals surface area contributed by atoms with E-state index < -0.39 is 5.92 Å². The summed E-state index contributed by atoms with van der Waals surface area (Å²) in [5.74, 6) is 0.0899. The summed E-state index contributed by atoms with van der Waals surface area (Å²) in [7, 11) is 0. The van der Waals surface area contributed by atoms with E-state index in [0.29, 0.717) is 34.1 Å². The smallest absolute Gasteiger partial charge is 0.197 e. The van der Waals surface area contributed by atoms with Gasteiger partial charge in [-0.25, -0.2) is 0 Å². The Morgan fingerprint density at radius 2 is 0.673 bits per heavy atom. The van der Waals surface area contributed by atoms with Crippen molar-refractivity contribution in [2.45, 2.75) is 305 Å². The number of rotatable bonds is 48. The van der Waals surface area contributed by atoms with Crippen molar-refractivity contribution >= 4 is 140 Å². The average Bonchev–Trinajstić information content (AvgIpc) is 1.57. The number of Topliss-reactive ketones (excluding diaryl/α,β-unsaturated/α-hetero) is 4. The predicted molar refractivity (Wildman–Crippen MR) is 500 cm³/mol. The molecule has 113 heavy (non-hydrogen) atoms. The van der Waals surface area contributed by atoms with Crippen LogP contribution in [0.3, 0.4) is 0 Å². The number of carbonyl (C=O) groups excluding carboxylic acids is 4. The number of hydrogen-bond acceptors (Lipinski definition) is 12. The quantitative estimate of drug-likeness (QED) is 0.0165. The summed E-state index contributed by atoms with van der Waals surface area (Å²) in [5, 5.41) is 2.73. The third-order valence-electron chi connectivity index (χ3n) is 23.9. The van der Waals surface area contributed by atoms with Crippen LogP contribution in [0.4, 0.5) is 0 Å². The second-order valence-corrected chi connectivity index (χ2v) is 41.5. The van der Waals surface area contributed by atoms with Crippen LogP contribution in [-0.2, 0) is 38.5 Å². The lowest BCUT2D eigenvalue weighted by atomic mass is 9.92. The number of hydrogen-bond donors (Lipinski definition) is 0. The van der Waals surface area contributed by atoms with Gasteiger partial charge in [-0.2, -0.15) is 0 Å². The van der Waals surface area contributed by atoms with Crippen LogP contribution in [0, 0.1) is 11.8 Å². The Balaban J connectivity index is 1.02. The Morgan fingerprint density at radius 1 is 0.319 bits per heavy atom. The lowest BCUT2D eigenvalue weighted by Crippen LogP contribution is -2.11. The molecular weight excluding hydrogens is 1530 g/mol. The molecule has 0 saturated carbocycles. The zero-order valence-electron chi connectivity index (χ0n) is 69.0. The third-order valence-corrected chi connectivity index (χ3v) is 33.9. The molecule has 0 radical (unpaired) electrons. The summed E-state index contributed by atoms with van der Waals surface area (Å²) in [4.78, 5) is 75.0. The molecule has 0 bridgehead atoms. The minimum Gasteiger partial charge on any atom is -0.293 e. The highest BCUT2D eigenvalue weighted by Gasteiger charge is 2.41. The van der Waals surface area contributed by atoms with Gasteiger partial charge in [-0.05, 0) is 165 Å². The molecule has 0 saturated heterocycles. The minimum atomic E-state index is -0.794. The van der Waals surface area contributed by atoms with Gasteiger partial charge in [-0.3, -0.25) is 19.2 Å². The predicted octanol–water partition coefficient (Wildman–Crippen LogP) is 34.2. The molecule has 2 atom stereocenters. The second kappa shape index (κ2) is 42.0. The van der Waals surface area contributed by atoms with E-state index in [1.165, 1.54) is 279 Å². The van der Waals surface area contributed by atoms with Gasteiger partial charge in [0.25, 0.3) is 0 Å². The summed E-state index contributed by atoms with van der Waals surface area (Å²) >= 11 is 15.6. The highest BCUT2D eigenvalue weighted by molar-refractivity contribution is 7.31. The van der Waals surface area contributed by atoms with Crippen molar-refractivity contribution < 1.29 is 19.2 Å². The fourth-order valence-electron chi connectivity index (χ4n) is 17.6. The van der Waals surface area contributed by atoms with Crippen molar-refractivity contribution in [1.82, 2.24) is 0 Å². The maximum atomic E-state index is 14.4. The monoisotopic (exact) mass is 1650 g/mol. The van der Waals surface area contributed by atoms with Crippen LogP contribution in [0.25, 0.3) is 86.1 Å². The fourth-order valence-corrected chi connectivity index (χ4v) is 28.0. The number of unbranched alkanes of at least 4 members (excludes halogenated alkanes) is 20. The van der Waals surface area contributed by atoms with Gasteiger partial charge in [0.15, 0.2) is 23.1 Å². The third kappa shape index (κ3) is 20.3. The highest BCUT2D eigenvalue weighted by Crippen LogP contribution is 2.58. The zero-order valence-corrected chi connectivity index (χ0v) is 75.5. The Labute approximate surface area is 708 Å². The molecule has 12 heteroatoms. The van der Waals surface area contributed by atoms with E-state index in [1.807, 2.05) is 87.8 Å². The number of benzene rings is 3. The molecule has 0 amide bonds. The maximum Gasteiger partial charge on any atom is 0.197 e. The van der Waals surface area contributed by atoms with Gasteiger partial charge in [-0.15, -0.1) is 90.7 Å². The van der Waals surface area contributed by atoms with Gasteiger partial charge < -0.3 is 0 Å². The highest BCUT2D eigenvalue weighted by atomic mass is 32.1. The van der Waals surface area contributed by atoms with E-state index in [-0.39, 0.29) is 28.7 Å². The van der Waals surface area contributed by atoms with Crippen molar-refractivity contribution in [2.24, 2.45) is 11.8 Å². The number of ketones is 4. The van der Waals surface area contributed by atoms with Gasteiger partial charge >= 0.3 is 0 Å². The van der Waals surface area contributed by atoms with Crippen molar-refractivity contribution in [2.75, 3.05) is 0 Å². The summed E-state index contributed by atoms with van der Waals surface area (Å²) in [6, 6.07) is 39.9. The molecule has 3 aromatic carbocycles. The first kappa shape index (κ1) is 85.1. The van der Waals surface area contributed by atoms with Crippen molar-refractivity contribution in [3.05, 3.63) is 179 Å². The van der Waals surface area contributed by atoms with Crippen LogP contribution >= 0.6 is 90.7 Å². The standard InChI is InChI=1S/C101H122O4S8/c1-9-17-25-31-43-66(41-23-15-7)57-72-53-55-82(106-72)89-79-64-87(98-70(47-35-29-21-13-5)61-85(110-98)96-68(45-33-27-19-11-3)59-74(108-96)63-81-92(102)75-49-37-38-50-76(75)93(81)103)112-100(79)90(83-56-54-73(107-83)58-67(42-24-16-8)44-32-26-18-10-2)80-65-88(113-101(80)89)99-71(48-36-30-22-14-6)62-86(111-99)97-69(46-34-28-20-12-4)60-84(109-97)91-94(104)77-51-39-40-52-78(77)95(91)105/h37-40,49-56,59-67,91H,9-36,41-48,57-58H2,1-8H3. The van der Waals surface area contributed by atoms with Crippen LogP contribution in [0.2, 0.25) is 0 Å². The first-order valence-electron chi connectivity index (χ1n) is 44.2. The summed E-state index contributed by atoms with van der Waals surface area (Å²) in [6.07, 6.45) is 47.3. The number of carbonyl (C=O) groups is 4. The lowest BCUT2D eigenvalue weighted by molar-refractivity contribution is 0.0889. The van der Waals surface area contributed by atoms with Gasteiger partial charge in [0.05, 0.1) is 5.57 Å². The molecule has 8 aromatic heterocycles. The topological polar surface area (TPSA) is 68.3 Å². The van der Waals surface area contributed by atoms with Gasteiger partial charge in [-0.1, -0.05) is 284 Å². The zero-order chi connectivity index (χ0) is 78.7. The lowest BCUT2D eigenvalue weighted by Gasteiger charge is -2.16. The van der Waals surface area contributed by atoms with Crippen molar-refractivity contribution in [3.8, 4) is 59.9 Å². The van der Waals surface area contributed by atoms with Crippen LogP contribution in [0.5, 0.6) is 0 Å². The molecule has 4 nitrogen and oxygen atoms in total. The molecule has 8 heterocycles. The SMILES string of the molecule is CCCCCCc1cc(C=C2C(=O)c3ccccc3C2=O)sc1-c1cc(CCCCCC)c(-c2cc3c(-c4ccc(CC(CCCC)CCCCCC)s4)c4sc(-c5sc(-c6sc(C7C(=O)c8ccccc8C7=O)cc6CCCCCC)cc5CCCCCC)cc4c(-c4ccc(CC(CCCC)CCCCCC)s4)c3s2)s1. The van der Waals surface area contributed by atoms with Crippen LogP contribution in [0.15, 0.2) is 115 Å². The minimum absolute atomic E-state index is 0.0606. The van der Waals surface area contributed by atoms with E-state index in [9.17, 15) is 19.2 Å². The molecule has 2 unspecified atom stereocenters. The Morgan fingerprint density at radius 3 is 1.09 bits per heavy atom. The van der Waals surface area contributed by atoms with Gasteiger partial charge in [0, 0.05) is 122 Å². The molecule has 13 rings (SSSR count). The first-order chi connectivity index (χ1) is 55.4. The molecule has 0 spiro atoms. The molecule has 0 N–H and O–H groups in total. The van der Waals surface area contributed by atoms with E-state index >= 15 is 0 Å². The Kier molecular flexibility index (Phi) is 31.7. The maximum absolute atomic E-state index is 14.4.